The molecule has 120 valence electrons. The molecule has 6 nitrogen and oxygen atoms in total. The van der Waals surface area contributed by atoms with Crippen molar-refractivity contribution in [2.24, 2.45) is 0 Å². The van der Waals surface area contributed by atoms with E-state index in [9.17, 15) is 9.59 Å². The molecule has 22 heavy (non-hydrogen) atoms. The van der Waals surface area contributed by atoms with E-state index in [1.165, 1.54) is 4.90 Å². The van der Waals surface area contributed by atoms with E-state index >= 15 is 0 Å². The average Bonchev–Trinajstić information content (AvgIpc) is 2.92. The molecule has 2 rings (SSSR count). The lowest BCUT2D eigenvalue weighted by atomic mass is 10.1. The van der Waals surface area contributed by atoms with Gasteiger partial charge in [-0.3, -0.25) is 9.69 Å². The van der Waals surface area contributed by atoms with Crippen LogP contribution in [0.5, 0.6) is 5.75 Å². The lowest BCUT2D eigenvalue weighted by Gasteiger charge is -2.20. The molecule has 0 bridgehead atoms. The predicted octanol–water partition coefficient (Wildman–Crippen LogP) is 1.02. The summed E-state index contributed by atoms with van der Waals surface area (Å²) in [5.41, 5.74) is 1.08. The van der Waals surface area contributed by atoms with Crippen molar-refractivity contribution < 1.29 is 19.6 Å². The summed E-state index contributed by atoms with van der Waals surface area (Å²) in [6.07, 6.45) is 0. The van der Waals surface area contributed by atoms with Crippen LogP contribution in [-0.2, 0) is 4.79 Å². The van der Waals surface area contributed by atoms with Crippen LogP contribution in [0.4, 0.5) is 4.79 Å². The van der Waals surface area contributed by atoms with E-state index in [2.05, 4.69) is 21.2 Å². The molecule has 2 atom stereocenters. The second-order valence-corrected chi connectivity index (χ2v) is 6.24. The number of carbonyl (C=O) groups is 2. The van der Waals surface area contributed by atoms with Crippen molar-refractivity contribution in [3.8, 4) is 5.75 Å². The second kappa shape index (κ2) is 7.11. The largest absolute Gasteiger partial charge is 0.496 e. The number of ether oxygens (including phenoxy) is 1. The molecule has 0 aromatic heterocycles. The quantitative estimate of drug-likeness (QED) is 0.812. The van der Waals surface area contributed by atoms with Gasteiger partial charge in [0.25, 0.3) is 5.91 Å². The number of imide groups is 1. The van der Waals surface area contributed by atoms with Gasteiger partial charge in [0, 0.05) is 18.7 Å². The van der Waals surface area contributed by atoms with Gasteiger partial charge < -0.3 is 15.4 Å². The zero-order valence-corrected chi connectivity index (χ0v) is 14.5. The molecule has 1 aliphatic heterocycles. The van der Waals surface area contributed by atoms with Crippen LogP contribution in [-0.4, -0.2) is 43.1 Å². The number of benzene rings is 1. The highest BCUT2D eigenvalue weighted by molar-refractivity contribution is 9.10. The maximum Gasteiger partial charge on any atom is 0.324 e. The van der Waals surface area contributed by atoms with Crippen molar-refractivity contribution >= 4 is 27.9 Å². The molecule has 3 amide bonds. The van der Waals surface area contributed by atoms with Crippen molar-refractivity contribution in [2.75, 3.05) is 20.2 Å². The van der Waals surface area contributed by atoms with Crippen LogP contribution in [0, 0.1) is 0 Å². The summed E-state index contributed by atoms with van der Waals surface area (Å²) in [6.45, 7) is 4.82. The molecule has 0 saturated carbocycles. The summed E-state index contributed by atoms with van der Waals surface area (Å²) in [4.78, 5) is 25.1. The highest BCUT2D eigenvalue weighted by atomic mass is 79.9. The summed E-state index contributed by atoms with van der Waals surface area (Å²) < 4.78 is 6.10. The Hall–Kier alpha value is -1.60. The Labute approximate surface area is 138 Å². The highest BCUT2D eigenvalue weighted by Crippen LogP contribution is 2.27. The van der Waals surface area contributed by atoms with Crippen molar-refractivity contribution in [3.05, 3.63) is 28.2 Å². The van der Waals surface area contributed by atoms with Crippen molar-refractivity contribution in [1.82, 2.24) is 10.2 Å². The summed E-state index contributed by atoms with van der Waals surface area (Å²) >= 11 is 3.47. The third kappa shape index (κ3) is 3.59. The molecule has 1 heterocycles. The predicted molar refractivity (Wildman–Crippen MR) is 85.6 cm³/mol. The summed E-state index contributed by atoms with van der Waals surface area (Å²) in [5, 5.41) is 4.60. The van der Waals surface area contributed by atoms with E-state index in [0.29, 0.717) is 13.1 Å². The monoisotopic (exact) mass is 370 g/mol. The summed E-state index contributed by atoms with van der Waals surface area (Å²) in [5.74, 6) is 0.614. The standard InChI is InChI=1S/C15H20BrN3O3/c1-9(11-4-5-13(22-3)12(16)8-11)18-10(2)14(20)19-7-6-17-15(19)21/h4-5,8-10,18H,6-7H2,1-3H3,(H,17,21)/p+1/t9-,10+/m1/s1. The molecule has 0 aliphatic carbocycles. The van der Waals surface area contributed by atoms with Crippen LogP contribution in [0.1, 0.15) is 25.5 Å². The van der Waals surface area contributed by atoms with E-state index in [-0.39, 0.29) is 24.0 Å². The number of halogens is 1. The molecular formula is C15H21BrN3O3+. The van der Waals surface area contributed by atoms with Gasteiger partial charge in [-0.2, -0.15) is 0 Å². The smallest absolute Gasteiger partial charge is 0.324 e. The number of hydrogen-bond donors (Lipinski definition) is 2. The van der Waals surface area contributed by atoms with Gasteiger partial charge in [-0.1, -0.05) is 0 Å². The van der Waals surface area contributed by atoms with Gasteiger partial charge in [0.1, 0.15) is 11.8 Å². The number of carbonyl (C=O) groups excluding carboxylic acids is 2. The van der Waals surface area contributed by atoms with Crippen LogP contribution in [0.15, 0.2) is 22.7 Å². The van der Waals surface area contributed by atoms with Gasteiger partial charge in [0.15, 0.2) is 6.04 Å². The fraction of sp³-hybridized carbons (Fsp3) is 0.467. The maximum absolute atomic E-state index is 12.3. The number of nitrogens with two attached hydrogens (primary N) is 1. The minimum Gasteiger partial charge on any atom is -0.496 e. The third-order valence-corrected chi connectivity index (χ3v) is 4.41. The number of urea groups is 1. The molecule has 3 N–H and O–H groups in total. The lowest BCUT2D eigenvalue weighted by Crippen LogP contribution is -2.92. The zero-order chi connectivity index (χ0) is 16.3. The Morgan fingerprint density at radius 3 is 2.73 bits per heavy atom. The Bertz CT molecular complexity index is 579. The maximum atomic E-state index is 12.3. The van der Waals surface area contributed by atoms with E-state index in [1.807, 2.05) is 37.4 Å². The summed E-state index contributed by atoms with van der Waals surface area (Å²) in [7, 11) is 1.62. The molecule has 1 saturated heterocycles. The first-order chi connectivity index (χ1) is 10.4. The Morgan fingerprint density at radius 1 is 1.45 bits per heavy atom. The van der Waals surface area contributed by atoms with Crippen molar-refractivity contribution in [3.63, 3.8) is 0 Å². The normalized spacial score (nSPS) is 17.1. The SMILES string of the molecule is COc1ccc([C@@H](C)[NH2+][C@@H](C)C(=O)N2CCNC2=O)cc1Br. The van der Waals surface area contributed by atoms with Crippen LogP contribution in [0.25, 0.3) is 0 Å². The first-order valence-electron chi connectivity index (χ1n) is 7.21. The topological polar surface area (TPSA) is 75.2 Å². The molecular weight excluding hydrogens is 350 g/mol. The van der Waals surface area contributed by atoms with Crippen molar-refractivity contribution in [1.29, 1.82) is 0 Å². The fourth-order valence-electron chi connectivity index (χ4n) is 2.52. The Balaban J connectivity index is 2.01. The third-order valence-electron chi connectivity index (χ3n) is 3.79. The molecule has 1 aromatic carbocycles. The van der Waals surface area contributed by atoms with Gasteiger partial charge in [0.2, 0.25) is 0 Å². The number of quaternary nitrogens is 1. The average molecular weight is 371 g/mol. The number of amides is 3. The zero-order valence-electron chi connectivity index (χ0n) is 12.9. The van der Waals surface area contributed by atoms with E-state index in [1.54, 1.807) is 7.11 Å². The molecule has 0 unspecified atom stereocenters. The Morgan fingerprint density at radius 2 is 2.18 bits per heavy atom. The van der Waals surface area contributed by atoms with Crippen LogP contribution < -0.4 is 15.4 Å². The molecule has 0 radical (unpaired) electrons. The summed E-state index contributed by atoms with van der Waals surface area (Å²) in [6, 6.07) is 5.32. The minimum absolute atomic E-state index is 0.0896. The van der Waals surface area contributed by atoms with E-state index in [4.69, 9.17) is 4.74 Å². The first-order valence-corrected chi connectivity index (χ1v) is 8.01. The van der Waals surface area contributed by atoms with Crippen LogP contribution in [0.3, 0.4) is 0 Å². The first kappa shape index (κ1) is 16.8. The van der Waals surface area contributed by atoms with E-state index < -0.39 is 0 Å². The number of nitrogens with one attached hydrogen (secondary N) is 1. The minimum atomic E-state index is -0.320. The molecule has 0 spiro atoms. The number of methoxy groups -OCH3 is 1. The molecule has 1 aromatic rings. The second-order valence-electron chi connectivity index (χ2n) is 5.39. The highest BCUT2D eigenvalue weighted by Gasteiger charge is 2.32. The van der Waals surface area contributed by atoms with Gasteiger partial charge in [-0.15, -0.1) is 0 Å². The molecule has 1 aliphatic rings. The Kier molecular flexibility index (Phi) is 5.42. The van der Waals surface area contributed by atoms with Crippen molar-refractivity contribution in [2.45, 2.75) is 25.9 Å². The van der Waals surface area contributed by atoms with E-state index in [0.717, 1.165) is 15.8 Å². The van der Waals surface area contributed by atoms with Gasteiger partial charge in [0.05, 0.1) is 11.6 Å². The number of nitrogens with zero attached hydrogens (tertiary/aromatic N) is 1. The van der Waals surface area contributed by atoms with Gasteiger partial charge in [-0.25, -0.2) is 4.79 Å². The van der Waals surface area contributed by atoms with Gasteiger partial charge in [-0.05, 0) is 48.0 Å². The lowest BCUT2D eigenvalue weighted by molar-refractivity contribution is -0.710. The van der Waals surface area contributed by atoms with Crippen LogP contribution >= 0.6 is 15.9 Å². The van der Waals surface area contributed by atoms with Gasteiger partial charge >= 0.3 is 6.03 Å². The number of hydrogen-bond acceptors (Lipinski definition) is 3. The molecule has 7 heteroatoms. The van der Waals surface area contributed by atoms with Crippen LogP contribution in [0.2, 0.25) is 0 Å². The fourth-order valence-corrected chi connectivity index (χ4v) is 3.08. The number of rotatable bonds is 5. The molecule has 1 fully saturated rings.